The first-order valence-electron chi connectivity index (χ1n) is 8.44. The number of amides is 1. The van der Waals surface area contributed by atoms with E-state index >= 15 is 0 Å². The number of nitrogens with zero attached hydrogens (tertiary/aromatic N) is 2. The van der Waals surface area contributed by atoms with Crippen LogP contribution in [0.5, 0.6) is 0 Å². The second kappa shape index (κ2) is 7.79. The van der Waals surface area contributed by atoms with Gasteiger partial charge in [0.25, 0.3) is 0 Å². The van der Waals surface area contributed by atoms with Crippen LogP contribution in [0.3, 0.4) is 0 Å². The van der Waals surface area contributed by atoms with Gasteiger partial charge >= 0.3 is 5.97 Å². The first-order valence-corrected chi connectivity index (χ1v) is 8.44. The molecule has 1 aromatic heterocycles. The molecular weight excluding hydrogens is 318 g/mol. The molecule has 130 valence electrons. The Labute approximate surface area is 146 Å². The number of aromatic nitrogens is 1. The summed E-state index contributed by atoms with van der Waals surface area (Å²) in [4.78, 5) is 30.1. The summed E-state index contributed by atoms with van der Waals surface area (Å²) in [5, 5.41) is 3.02. The van der Waals surface area contributed by atoms with Gasteiger partial charge in [-0.3, -0.25) is 4.79 Å². The summed E-state index contributed by atoms with van der Waals surface area (Å²) in [7, 11) is 0. The van der Waals surface area contributed by atoms with E-state index in [1.165, 1.54) is 11.8 Å². The fraction of sp³-hybridized carbons (Fsp3) is 0.316. The smallest absolute Gasteiger partial charge is 0.339 e. The largest absolute Gasteiger partial charge is 0.462 e. The van der Waals surface area contributed by atoms with Crippen molar-refractivity contribution in [2.24, 2.45) is 0 Å². The molecule has 25 heavy (non-hydrogen) atoms. The Morgan fingerprint density at radius 1 is 1.24 bits per heavy atom. The van der Waals surface area contributed by atoms with Crippen LogP contribution >= 0.6 is 0 Å². The zero-order valence-electron chi connectivity index (χ0n) is 14.2. The van der Waals surface area contributed by atoms with Crippen LogP contribution in [0, 0.1) is 0 Å². The van der Waals surface area contributed by atoms with Crippen molar-refractivity contribution >= 4 is 23.4 Å². The quantitative estimate of drug-likeness (QED) is 0.848. The first-order chi connectivity index (χ1) is 12.2. The number of hydrogen-bond acceptors (Lipinski definition) is 5. The van der Waals surface area contributed by atoms with Crippen LogP contribution < -0.4 is 10.2 Å². The summed E-state index contributed by atoms with van der Waals surface area (Å²) in [5.41, 5.74) is 2.59. The van der Waals surface area contributed by atoms with E-state index in [4.69, 9.17) is 4.74 Å². The van der Waals surface area contributed by atoms with Crippen LogP contribution in [0.2, 0.25) is 0 Å². The normalized spacial score (nSPS) is 13.1. The number of carbonyl (C=O) groups excluding carboxylic acids is 2. The molecular formula is C19H21N3O3. The zero-order chi connectivity index (χ0) is 17.6. The maximum absolute atomic E-state index is 12.6. The molecule has 2 heterocycles. The van der Waals surface area contributed by atoms with Crippen LogP contribution in [0.25, 0.3) is 0 Å². The van der Waals surface area contributed by atoms with Crippen molar-refractivity contribution in [2.75, 3.05) is 29.9 Å². The lowest BCUT2D eigenvalue weighted by Crippen LogP contribution is -2.39. The van der Waals surface area contributed by atoms with Crippen molar-refractivity contribution in [1.82, 2.24) is 4.98 Å². The molecule has 2 aromatic rings. The van der Waals surface area contributed by atoms with Crippen LogP contribution in [0.15, 0.2) is 42.6 Å². The molecule has 1 aromatic carbocycles. The average Bonchev–Trinajstić information content (AvgIpc) is 2.66. The molecule has 0 saturated carbocycles. The molecule has 0 spiro atoms. The molecule has 0 saturated heterocycles. The second-order valence-corrected chi connectivity index (χ2v) is 5.78. The Morgan fingerprint density at radius 3 is 2.84 bits per heavy atom. The predicted octanol–water partition coefficient (Wildman–Crippen LogP) is 2.65. The molecule has 0 unspecified atom stereocenters. The molecule has 0 fully saturated rings. The first kappa shape index (κ1) is 17.0. The van der Waals surface area contributed by atoms with Crippen LogP contribution in [0.1, 0.15) is 29.3 Å². The Kier molecular flexibility index (Phi) is 5.28. The van der Waals surface area contributed by atoms with Gasteiger partial charge in [-0.05, 0) is 43.5 Å². The van der Waals surface area contributed by atoms with E-state index in [0.717, 1.165) is 25.1 Å². The molecule has 0 aliphatic carbocycles. The van der Waals surface area contributed by atoms with Crippen LogP contribution in [-0.2, 0) is 16.0 Å². The summed E-state index contributed by atoms with van der Waals surface area (Å²) in [6, 6.07) is 11.3. The van der Waals surface area contributed by atoms with Crippen molar-refractivity contribution in [3.8, 4) is 0 Å². The van der Waals surface area contributed by atoms with Gasteiger partial charge in [-0.25, -0.2) is 9.78 Å². The lowest BCUT2D eigenvalue weighted by Gasteiger charge is -2.29. The third kappa shape index (κ3) is 3.96. The highest BCUT2D eigenvalue weighted by atomic mass is 16.5. The molecule has 0 radical (unpaired) electrons. The monoisotopic (exact) mass is 339 g/mol. The van der Waals surface area contributed by atoms with Gasteiger partial charge in [0.2, 0.25) is 5.91 Å². The van der Waals surface area contributed by atoms with Gasteiger partial charge in [0.05, 0.1) is 18.7 Å². The second-order valence-electron chi connectivity index (χ2n) is 5.78. The molecule has 0 bridgehead atoms. The number of para-hydroxylation sites is 1. The number of nitrogens with one attached hydrogen (secondary N) is 1. The Bertz CT molecular complexity index is 759. The molecule has 3 rings (SSSR count). The number of ether oxygens (including phenoxy) is 1. The highest BCUT2D eigenvalue weighted by Crippen LogP contribution is 2.26. The van der Waals surface area contributed by atoms with Crippen molar-refractivity contribution in [3.63, 3.8) is 0 Å². The summed E-state index contributed by atoms with van der Waals surface area (Å²) >= 11 is 0. The standard InChI is InChI=1S/C19H21N3O3/c1-2-25-19(24)15-9-10-17(20-12-15)21-13-18(23)22-11-5-7-14-6-3-4-8-16(14)22/h3-4,6,8-10,12H,2,5,7,11,13H2,1H3,(H,20,21). The number of esters is 1. The van der Waals surface area contributed by atoms with Crippen molar-refractivity contribution in [2.45, 2.75) is 19.8 Å². The highest BCUT2D eigenvalue weighted by Gasteiger charge is 2.21. The minimum atomic E-state index is -0.400. The van der Waals surface area contributed by atoms with E-state index < -0.39 is 5.97 Å². The average molecular weight is 339 g/mol. The highest BCUT2D eigenvalue weighted by molar-refractivity contribution is 5.97. The van der Waals surface area contributed by atoms with Gasteiger partial charge in [-0.1, -0.05) is 18.2 Å². The molecule has 6 nitrogen and oxygen atoms in total. The maximum Gasteiger partial charge on any atom is 0.339 e. The summed E-state index contributed by atoms with van der Waals surface area (Å²) in [6.45, 7) is 2.96. The summed E-state index contributed by atoms with van der Waals surface area (Å²) < 4.78 is 4.92. The molecule has 6 heteroatoms. The van der Waals surface area contributed by atoms with Gasteiger partial charge in [0.15, 0.2) is 0 Å². The van der Waals surface area contributed by atoms with Crippen LogP contribution in [-0.4, -0.2) is 36.6 Å². The van der Waals surface area contributed by atoms with Crippen molar-refractivity contribution in [3.05, 3.63) is 53.7 Å². The Hall–Kier alpha value is -2.89. The van der Waals surface area contributed by atoms with Gasteiger partial charge < -0.3 is 15.0 Å². The number of aryl methyl sites for hydroxylation is 1. The fourth-order valence-corrected chi connectivity index (χ4v) is 2.89. The van der Waals surface area contributed by atoms with E-state index in [1.807, 2.05) is 23.1 Å². The predicted molar refractivity (Wildman–Crippen MR) is 95.8 cm³/mol. The number of fused-ring (bicyclic) bond motifs is 1. The Balaban J connectivity index is 1.61. The van der Waals surface area contributed by atoms with Crippen LogP contribution in [0.4, 0.5) is 11.5 Å². The Morgan fingerprint density at radius 2 is 2.08 bits per heavy atom. The van der Waals surface area contributed by atoms with E-state index in [-0.39, 0.29) is 12.5 Å². The topological polar surface area (TPSA) is 71.5 Å². The lowest BCUT2D eigenvalue weighted by atomic mass is 10.0. The van der Waals surface area contributed by atoms with Gasteiger partial charge in [0.1, 0.15) is 5.82 Å². The van der Waals surface area contributed by atoms with E-state index in [2.05, 4.69) is 16.4 Å². The lowest BCUT2D eigenvalue weighted by molar-refractivity contribution is -0.117. The van der Waals surface area contributed by atoms with Gasteiger partial charge in [0, 0.05) is 18.4 Å². The molecule has 1 amide bonds. The molecule has 0 atom stereocenters. The molecule has 1 aliphatic rings. The number of anilines is 2. The third-order valence-electron chi connectivity index (χ3n) is 4.11. The van der Waals surface area contributed by atoms with Crippen molar-refractivity contribution < 1.29 is 14.3 Å². The fourth-order valence-electron chi connectivity index (χ4n) is 2.89. The molecule has 1 N–H and O–H groups in total. The number of carbonyl (C=O) groups is 2. The maximum atomic E-state index is 12.6. The van der Waals surface area contributed by atoms with Gasteiger partial charge in [-0.15, -0.1) is 0 Å². The van der Waals surface area contributed by atoms with E-state index in [1.54, 1.807) is 19.1 Å². The minimum absolute atomic E-state index is 0.00317. The third-order valence-corrected chi connectivity index (χ3v) is 4.11. The van der Waals surface area contributed by atoms with E-state index in [9.17, 15) is 9.59 Å². The summed E-state index contributed by atoms with van der Waals surface area (Å²) in [6.07, 6.45) is 3.42. The van der Waals surface area contributed by atoms with Gasteiger partial charge in [-0.2, -0.15) is 0 Å². The minimum Gasteiger partial charge on any atom is -0.462 e. The zero-order valence-corrected chi connectivity index (χ0v) is 14.2. The summed E-state index contributed by atoms with van der Waals surface area (Å²) in [5.74, 6) is 0.151. The number of hydrogen-bond donors (Lipinski definition) is 1. The van der Waals surface area contributed by atoms with E-state index in [0.29, 0.717) is 18.0 Å². The SMILES string of the molecule is CCOC(=O)c1ccc(NCC(=O)N2CCCc3ccccc32)nc1. The number of benzene rings is 1. The molecule has 1 aliphatic heterocycles. The number of rotatable bonds is 5. The van der Waals surface area contributed by atoms with Crippen molar-refractivity contribution in [1.29, 1.82) is 0 Å². The number of pyridine rings is 1.